The Morgan fingerprint density at radius 1 is 1.24 bits per heavy atom. The van der Waals surface area contributed by atoms with Gasteiger partial charge in [-0.2, -0.15) is 11.8 Å². The van der Waals surface area contributed by atoms with Crippen molar-refractivity contribution < 1.29 is 0 Å². The van der Waals surface area contributed by atoms with Crippen LogP contribution in [0.15, 0.2) is 24.3 Å². The Kier molecular flexibility index (Phi) is 7.02. The molecule has 17 heavy (non-hydrogen) atoms. The average Bonchev–Trinajstić information content (AvgIpc) is 2.30. The van der Waals surface area contributed by atoms with Gasteiger partial charge in [0.1, 0.15) is 0 Å². The fourth-order valence-corrected chi connectivity index (χ4v) is 2.55. The van der Waals surface area contributed by atoms with Gasteiger partial charge < -0.3 is 5.32 Å². The second-order valence-corrected chi connectivity index (χ2v) is 6.14. The topological polar surface area (TPSA) is 12.0 Å². The normalized spacial score (nSPS) is 13.0. The van der Waals surface area contributed by atoms with Crippen molar-refractivity contribution in [2.45, 2.75) is 32.6 Å². The molecule has 0 radical (unpaired) electrons. The number of rotatable bonds is 7. The molecule has 1 aromatic carbocycles. The molecule has 1 rings (SSSR count). The highest BCUT2D eigenvalue weighted by Gasteiger charge is 2.05. The van der Waals surface area contributed by atoms with E-state index in [1.54, 1.807) is 0 Å². The van der Waals surface area contributed by atoms with Crippen LogP contribution >= 0.6 is 23.4 Å². The zero-order chi connectivity index (χ0) is 12.7. The van der Waals surface area contributed by atoms with Crippen LogP contribution in [0.5, 0.6) is 0 Å². The molecular formula is C14H22ClNS. The average molecular weight is 272 g/mol. The maximum absolute atomic E-state index is 6.10. The number of hydrogen-bond acceptors (Lipinski definition) is 2. The SMILES string of the molecule is CC(C)C(C)NCCSCc1ccccc1Cl. The number of benzene rings is 1. The van der Waals surface area contributed by atoms with Crippen molar-refractivity contribution in [1.82, 2.24) is 5.32 Å². The molecule has 0 saturated carbocycles. The summed E-state index contributed by atoms with van der Waals surface area (Å²) in [4.78, 5) is 0. The minimum Gasteiger partial charge on any atom is -0.313 e. The van der Waals surface area contributed by atoms with Crippen molar-refractivity contribution in [3.63, 3.8) is 0 Å². The van der Waals surface area contributed by atoms with Crippen molar-refractivity contribution in [3.05, 3.63) is 34.9 Å². The standard InChI is InChI=1S/C14H22ClNS/c1-11(2)12(3)16-8-9-17-10-13-6-4-5-7-14(13)15/h4-7,11-12,16H,8-10H2,1-3H3. The summed E-state index contributed by atoms with van der Waals surface area (Å²) in [6.07, 6.45) is 0. The van der Waals surface area contributed by atoms with E-state index in [2.05, 4.69) is 32.2 Å². The van der Waals surface area contributed by atoms with Gasteiger partial charge in [0.25, 0.3) is 0 Å². The Labute approximate surface area is 114 Å². The Hall–Kier alpha value is -0.180. The van der Waals surface area contributed by atoms with Crippen LogP contribution in [0.2, 0.25) is 5.02 Å². The van der Waals surface area contributed by atoms with Crippen LogP contribution in [-0.2, 0) is 5.75 Å². The lowest BCUT2D eigenvalue weighted by molar-refractivity contribution is 0.438. The number of thioether (sulfide) groups is 1. The quantitative estimate of drug-likeness (QED) is 0.746. The summed E-state index contributed by atoms with van der Waals surface area (Å²) in [6.45, 7) is 7.79. The van der Waals surface area contributed by atoms with Crippen molar-refractivity contribution >= 4 is 23.4 Å². The first-order valence-electron chi connectivity index (χ1n) is 6.15. The maximum atomic E-state index is 6.10. The fraction of sp³-hybridized carbons (Fsp3) is 0.571. The van der Waals surface area contributed by atoms with Crippen molar-refractivity contribution in [3.8, 4) is 0 Å². The molecule has 0 aromatic heterocycles. The molecule has 3 heteroatoms. The van der Waals surface area contributed by atoms with Crippen LogP contribution in [0.3, 0.4) is 0 Å². The highest BCUT2D eigenvalue weighted by Crippen LogP contribution is 2.20. The molecule has 0 spiro atoms. The molecule has 0 aliphatic rings. The van der Waals surface area contributed by atoms with Gasteiger partial charge in [-0.05, 0) is 24.5 Å². The van der Waals surface area contributed by atoms with Gasteiger partial charge in [0.05, 0.1) is 0 Å². The largest absolute Gasteiger partial charge is 0.313 e. The molecule has 1 unspecified atom stereocenters. The molecule has 1 nitrogen and oxygen atoms in total. The number of hydrogen-bond donors (Lipinski definition) is 1. The predicted octanol–water partition coefficient (Wildman–Crippen LogP) is 4.21. The monoisotopic (exact) mass is 271 g/mol. The molecule has 1 atom stereocenters. The first-order chi connectivity index (χ1) is 8.11. The van der Waals surface area contributed by atoms with E-state index in [1.807, 2.05) is 30.0 Å². The third-order valence-electron chi connectivity index (χ3n) is 2.93. The van der Waals surface area contributed by atoms with E-state index >= 15 is 0 Å². The summed E-state index contributed by atoms with van der Waals surface area (Å²) < 4.78 is 0. The van der Waals surface area contributed by atoms with E-state index < -0.39 is 0 Å². The molecule has 0 amide bonds. The van der Waals surface area contributed by atoms with Gasteiger partial charge in [-0.15, -0.1) is 0 Å². The van der Waals surface area contributed by atoms with Gasteiger partial charge in [0, 0.05) is 29.1 Å². The third kappa shape index (κ3) is 5.80. The lowest BCUT2D eigenvalue weighted by atomic mass is 10.1. The molecule has 0 heterocycles. The van der Waals surface area contributed by atoms with Gasteiger partial charge in [0.2, 0.25) is 0 Å². The molecule has 0 aliphatic carbocycles. The summed E-state index contributed by atoms with van der Waals surface area (Å²) in [7, 11) is 0. The first-order valence-corrected chi connectivity index (χ1v) is 7.69. The fourth-order valence-electron chi connectivity index (χ4n) is 1.39. The van der Waals surface area contributed by atoms with E-state index in [9.17, 15) is 0 Å². The van der Waals surface area contributed by atoms with E-state index in [4.69, 9.17) is 11.6 Å². The zero-order valence-electron chi connectivity index (χ0n) is 10.9. The Bertz CT molecular complexity index is 328. The molecular weight excluding hydrogens is 250 g/mol. The van der Waals surface area contributed by atoms with Crippen LogP contribution in [0.25, 0.3) is 0 Å². The molecule has 0 aliphatic heterocycles. The van der Waals surface area contributed by atoms with Crippen LogP contribution in [0, 0.1) is 5.92 Å². The van der Waals surface area contributed by atoms with E-state index in [-0.39, 0.29) is 0 Å². The highest BCUT2D eigenvalue weighted by atomic mass is 35.5. The summed E-state index contributed by atoms with van der Waals surface area (Å²) in [5.41, 5.74) is 1.23. The molecule has 0 saturated heterocycles. The van der Waals surface area contributed by atoms with Crippen LogP contribution in [0.1, 0.15) is 26.3 Å². The smallest absolute Gasteiger partial charge is 0.0446 e. The number of halogens is 1. The molecule has 1 N–H and O–H groups in total. The van der Waals surface area contributed by atoms with Crippen molar-refractivity contribution in [1.29, 1.82) is 0 Å². The van der Waals surface area contributed by atoms with Crippen LogP contribution in [0.4, 0.5) is 0 Å². The minimum absolute atomic E-state index is 0.593. The minimum atomic E-state index is 0.593. The molecule has 96 valence electrons. The second kappa shape index (κ2) is 8.02. The van der Waals surface area contributed by atoms with Gasteiger partial charge in [-0.1, -0.05) is 43.6 Å². The number of nitrogens with one attached hydrogen (secondary N) is 1. The summed E-state index contributed by atoms with van der Waals surface area (Å²) >= 11 is 8.03. The van der Waals surface area contributed by atoms with Gasteiger partial charge in [-0.3, -0.25) is 0 Å². The zero-order valence-corrected chi connectivity index (χ0v) is 12.4. The van der Waals surface area contributed by atoms with E-state index in [1.165, 1.54) is 5.56 Å². The molecule has 1 aromatic rings. The van der Waals surface area contributed by atoms with Crippen LogP contribution < -0.4 is 5.32 Å². The third-order valence-corrected chi connectivity index (χ3v) is 4.30. The van der Waals surface area contributed by atoms with Crippen molar-refractivity contribution in [2.75, 3.05) is 12.3 Å². The first kappa shape index (κ1) is 14.9. The predicted molar refractivity (Wildman–Crippen MR) is 79.9 cm³/mol. The molecule has 0 bridgehead atoms. The Morgan fingerprint density at radius 2 is 1.94 bits per heavy atom. The summed E-state index contributed by atoms with van der Waals surface area (Å²) in [6, 6.07) is 8.66. The van der Waals surface area contributed by atoms with E-state index in [0.29, 0.717) is 12.0 Å². The Balaban J connectivity index is 2.15. The Morgan fingerprint density at radius 3 is 2.59 bits per heavy atom. The van der Waals surface area contributed by atoms with Gasteiger partial charge in [0.15, 0.2) is 0 Å². The van der Waals surface area contributed by atoms with Crippen LogP contribution in [-0.4, -0.2) is 18.3 Å². The lowest BCUT2D eigenvalue weighted by Crippen LogP contribution is -2.32. The molecule has 0 fully saturated rings. The lowest BCUT2D eigenvalue weighted by Gasteiger charge is -2.17. The summed E-state index contributed by atoms with van der Waals surface area (Å²) in [5, 5.41) is 4.41. The maximum Gasteiger partial charge on any atom is 0.0446 e. The highest BCUT2D eigenvalue weighted by molar-refractivity contribution is 7.98. The summed E-state index contributed by atoms with van der Waals surface area (Å²) in [5.74, 6) is 2.82. The van der Waals surface area contributed by atoms with Gasteiger partial charge in [-0.25, -0.2) is 0 Å². The van der Waals surface area contributed by atoms with Crippen molar-refractivity contribution in [2.24, 2.45) is 5.92 Å². The van der Waals surface area contributed by atoms with E-state index in [0.717, 1.165) is 23.1 Å². The second-order valence-electron chi connectivity index (χ2n) is 4.63. The van der Waals surface area contributed by atoms with Gasteiger partial charge >= 0.3 is 0 Å².